The number of rotatable bonds is 2. The number of urea groups is 1. The van der Waals surface area contributed by atoms with Crippen molar-refractivity contribution in [1.82, 2.24) is 20.0 Å². The lowest BCUT2D eigenvalue weighted by Gasteiger charge is -2.38. The molecule has 1 spiro atoms. The molecule has 3 fully saturated rings. The van der Waals surface area contributed by atoms with Gasteiger partial charge in [0, 0.05) is 45.3 Å². The molecule has 3 rings (SSSR count). The first-order valence-corrected chi connectivity index (χ1v) is 8.00. The van der Waals surface area contributed by atoms with E-state index in [-0.39, 0.29) is 6.03 Å². The van der Waals surface area contributed by atoms with Gasteiger partial charge in [-0.3, -0.25) is 4.90 Å². The van der Waals surface area contributed by atoms with Crippen LogP contribution >= 0.6 is 0 Å². The summed E-state index contributed by atoms with van der Waals surface area (Å²) in [6, 6.07) is 0.593. The second kappa shape index (κ2) is 5.53. The van der Waals surface area contributed by atoms with Crippen LogP contribution in [0.15, 0.2) is 0 Å². The van der Waals surface area contributed by atoms with Crippen molar-refractivity contribution in [3.05, 3.63) is 0 Å². The normalized spacial score (nSPS) is 30.5. The molecule has 114 valence electrons. The summed E-state index contributed by atoms with van der Waals surface area (Å²) in [7, 11) is 4.31. The zero-order valence-electron chi connectivity index (χ0n) is 12.9. The van der Waals surface area contributed by atoms with Gasteiger partial charge in [0.15, 0.2) is 0 Å². The molecule has 0 radical (unpaired) electrons. The van der Waals surface area contributed by atoms with Crippen molar-refractivity contribution in [2.45, 2.75) is 31.7 Å². The van der Waals surface area contributed by atoms with Gasteiger partial charge in [0.05, 0.1) is 0 Å². The van der Waals surface area contributed by atoms with Crippen molar-refractivity contribution in [3.8, 4) is 0 Å². The van der Waals surface area contributed by atoms with Crippen molar-refractivity contribution < 1.29 is 4.79 Å². The molecule has 1 unspecified atom stereocenters. The number of nitrogens with zero attached hydrogens (tertiary/aromatic N) is 3. The minimum Gasteiger partial charge on any atom is -0.336 e. The monoisotopic (exact) mass is 280 g/mol. The summed E-state index contributed by atoms with van der Waals surface area (Å²) in [5, 5.41) is 3.16. The predicted octanol–water partition coefficient (Wildman–Crippen LogP) is 0.818. The van der Waals surface area contributed by atoms with Crippen LogP contribution in [0.1, 0.15) is 25.7 Å². The highest BCUT2D eigenvalue weighted by Crippen LogP contribution is 2.51. The molecule has 2 saturated heterocycles. The number of likely N-dealkylation sites (tertiary alicyclic amines) is 1. The number of nitrogens with one attached hydrogen (secondary N) is 1. The van der Waals surface area contributed by atoms with Crippen molar-refractivity contribution in [2.24, 2.45) is 5.41 Å². The van der Waals surface area contributed by atoms with E-state index in [9.17, 15) is 4.79 Å². The van der Waals surface area contributed by atoms with Gasteiger partial charge in [0.2, 0.25) is 0 Å². The van der Waals surface area contributed by atoms with E-state index in [1.54, 1.807) is 0 Å². The second-order valence-corrected chi connectivity index (χ2v) is 7.11. The number of piperazine rings is 1. The second-order valence-electron chi connectivity index (χ2n) is 7.11. The first kappa shape index (κ1) is 14.1. The van der Waals surface area contributed by atoms with Crippen molar-refractivity contribution in [3.63, 3.8) is 0 Å². The largest absolute Gasteiger partial charge is 0.336 e. The van der Waals surface area contributed by atoms with Crippen molar-refractivity contribution in [2.75, 3.05) is 53.4 Å². The predicted molar refractivity (Wildman–Crippen MR) is 79.8 cm³/mol. The molecule has 1 aliphatic carbocycles. The summed E-state index contributed by atoms with van der Waals surface area (Å²) < 4.78 is 0. The highest BCUT2D eigenvalue weighted by Gasteiger charge is 2.46. The van der Waals surface area contributed by atoms with Gasteiger partial charge in [-0.2, -0.15) is 0 Å². The number of hydrogen-bond acceptors (Lipinski definition) is 3. The van der Waals surface area contributed by atoms with E-state index in [0.29, 0.717) is 11.5 Å². The first-order chi connectivity index (χ1) is 9.58. The lowest BCUT2D eigenvalue weighted by atomic mass is 9.95. The third-order valence-corrected chi connectivity index (χ3v) is 5.37. The molecule has 0 aromatic carbocycles. The molecule has 3 aliphatic rings. The Hall–Kier alpha value is -0.810. The van der Waals surface area contributed by atoms with E-state index < -0.39 is 0 Å². The third-order valence-electron chi connectivity index (χ3n) is 5.37. The fraction of sp³-hybridized carbons (Fsp3) is 0.933. The summed E-state index contributed by atoms with van der Waals surface area (Å²) >= 11 is 0. The van der Waals surface area contributed by atoms with Crippen LogP contribution in [0.3, 0.4) is 0 Å². The quantitative estimate of drug-likeness (QED) is 0.814. The van der Waals surface area contributed by atoms with Crippen LogP contribution in [0, 0.1) is 5.41 Å². The van der Waals surface area contributed by atoms with E-state index in [4.69, 9.17) is 0 Å². The number of hydrogen-bond donors (Lipinski definition) is 1. The van der Waals surface area contributed by atoms with E-state index in [2.05, 4.69) is 29.2 Å². The topological polar surface area (TPSA) is 38.8 Å². The molecule has 0 aromatic heterocycles. The van der Waals surface area contributed by atoms with Crippen LogP contribution in [-0.4, -0.2) is 80.1 Å². The van der Waals surface area contributed by atoms with Gasteiger partial charge in [-0.05, 0) is 45.2 Å². The average molecular weight is 280 g/mol. The summed E-state index contributed by atoms with van der Waals surface area (Å²) in [5.74, 6) is 0. The van der Waals surface area contributed by atoms with Gasteiger partial charge in [-0.15, -0.1) is 0 Å². The third kappa shape index (κ3) is 3.09. The van der Waals surface area contributed by atoms with Crippen molar-refractivity contribution >= 4 is 6.03 Å². The number of carbonyl (C=O) groups excluding carboxylic acids is 1. The highest BCUT2D eigenvalue weighted by molar-refractivity contribution is 5.74. The Morgan fingerprint density at radius 3 is 2.75 bits per heavy atom. The number of amides is 2. The molecular weight excluding hydrogens is 252 g/mol. The summed E-state index contributed by atoms with van der Waals surface area (Å²) in [6.07, 6.45) is 5.16. The maximum Gasteiger partial charge on any atom is 0.317 e. The standard InChI is InChI=1S/C15H28N4O/c1-17-8-9-18(2)13(11-17)10-16-14(20)19-7-3-4-15(12-19)5-6-15/h13H,3-12H2,1-2H3,(H,16,20). The zero-order valence-corrected chi connectivity index (χ0v) is 12.9. The van der Waals surface area contributed by atoms with Gasteiger partial charge < -0.3 is 15.1 Å². The maximum atomic E-state index is 12.3. The van der Waals surface area contributed by atoms with E-state index in [1.807, 2.05) is 4.90 Å². The Labute approximate surface area is 122 Å². The molecular formula is C15H28N4O. The van der Waals surface area contributed by atoms with E-state index in [0.717, 1.165) is 39.3 Å². The lowest BCUT2D eigenvalue weighted by Crippen LogP contribution is -2.56. The Balaban J connectivity index is 1.46. The highest BCUT2D eigenvalue weighted by atomic mass is 16.2. The summed E-state index contributed by atoms with van der Waals surface area (Å²) in [6.45, 7) is 5.94. The maximum absolute atomic E-state index is 12.3. The molecule has 5 nitrogen and oxygen atoms in total. The first-order valence-electron chi connectivity index (χ1n) is 8.00. The SMILES string of the molecule is CN1CCN(C)C(CNC(=O)N2CCCC3(CC3)C2)C1. The average Bonchev–Trinajstić information content (AvgIpc) is 3.18. The molecule has 0 aromatic rings. The zero-order chi connectivity index (χ0) is 14.2. The summed E-state index contributed by atoms with van der Waals surface area (Å²) in [4.78, 5) is 19.1. The Morgan fingerprint density at radius 2 is 2.00 bits per heavy atom. The van der Waals surface area contributed by atoms with Crippen LogP contribution in [0.2, 0.25) is 0 Å². The van der Waals surface area contributed by atoms with Crippen LogP contribution in [-0.2, 0) is 0 Å². The molecule has 1 N–H and O–H groups in total. The number of carbonyl (C=O) groups is 1. The minimum atomic E-state index is 0.151. The van der Waals surface area contributed by atoms with Gasteiger partial charge in [0.25, 0.3) is 0 Å². The molecule has 2 heterocycles. The van der Waals surface area contributed by atoms with Crippen LogP contribution in [0.4, 0.5) is 4.79 Å². The number of likely N-dealkylation sites (N-methyl/N-ethyl adjacent to an activating group) is 2. The molecule has 2 aliphatic heterocycles. The van der Waals surface area contributed by atoms with Gasteiger partial charge in [-0.1, -0.05) is 0 Å². The van der Waals surface area contributed by atoms with E-state index >= 15 is 0 Å². The van der Waals surface area contributed by atoms with E-state index in [1.165, 1.54) is 25.7 Å². The molecule has 0 bridgehead atoms. The van der Waals surface area contributed by atoms with Crippen LogP contribution in [0.25, 0.3) is 0 Å². The fourth-order valence-corrected chi connectivity index (χ4v) is 3.60. The molecule has 2 amide bonds. The summed E-state index contributed by atoms with van der Waals surface area (Å²) in [5.41, 5.74) is 0.511. The van der Waals surface area contributed by atoms with Crippen molar-refractivity contribution in [1.29, 1.82) is 0 Å². The van der Waals surface area contributed by atoms with Gasteiger partial charge in [-0.25, -0.2) is 4.79 Å². The van der Waals surface area contributed by atoms with Gasteiger partial charge >= 0.3 is 6.03 Å². The molecule has 1 atom stereocenters. The number of piperidine rings is 1. The smallest absolute Gasteiger partial charge is 0.317 e. The molecule has 1 saturated carbocycles. The molecule has 20 heavy (non-hydrogen) atoms. The Morgan fingerprint density at radius 1 is 1.20 bits per heavy atom. The molecule has 5 heteroatoms. The Kier molecular flexibility index (Phi) is 3.91. The minimum absolute atomic E-state index is 0.151. The van der Waals surface area contributed by atoms with Crippen LogP contribution in [0.5, 0.6) is 0 Å². The Bertz CT molecular complexity index is 369. The fourth-order valence-electron chi connectivity index (χ4n) is 3.60. The van der Waals surface area contributed by atoms with Crippen LogP contribution < -0.4 is 5.32 Å². The lowest BCUT2D eigenvalue weighted by molar-refractivity contribution is 0.110. The van der Waals surface area contributed by atoms with Gasteiger partial charge in [0.1, 0.15) is 0 Å².